The highest BCUT2D eigenvalue weighted by atomic mass is 28.3. The van der Waals surface area contributed by atoms with Gasteiger partial charge in [0.1, 0.15) is 0 Å². The van der Waals surface area contributed by atoms with Crippen LogP contribution in [0.4, 0.5) is 0 Å². The molecule has 3 aromatic rings. The monoisotopic (exact) mass is 460 g/mol. The van der Waals surface area contributed by atoms with Gasteiger partial charge in [-0.3, -0.25) is 0 Å². The highest BCUT2D eigenvalue weighted by Crippen LogP contribution is 2.52. The van der Waals surface area contributed by atoms with E-state index in [0.717, 1.165) is 0 Å². The minimum atomic E-state index is -1.75. The van der Waals surface area contributed by atoms with E-state index in [1.807, 2.05) is 0 Å². The lowest BCUT2D eigenvalue weighted by molar-refractivity contribution is 0.867. The van der Waals surface area contributed by atoms with Crippen molar-refractivity contribution in [2.75, 3.05) is 0 Å². The standard InChI is InChI=1S/C33H36Si/c1-22(2)25-15-17-27(18-16-25)29-13-10-14-30-31(29)20-24(4)33(30)34(5,6)32-21-28(19-23(32)3)26-11-8-7-9-12-26/h7-22,32-33H,1-6H3. The Bertz CT molecular complexity index is 1300. The van der Waals surface area contributed by atoms with Gasteiger partial charge in [-0.05, 0) is 64.3 Å². The Balaban J connectivity index is 1.53. The first-order valence-electron chi connectivity index (χ1n) is 12.6. The fraction of sp³-hybridized carbons (Fsp3) is 0.273. The molecule has 0 aliphatic heterocycles. The van der Waals surface area contributed by atoms with Crippen molar-refractivity contribution in [3.63, 3.8) is 0 Å². The van der Waals surface area contributed by atoms with E-state index in [4.69, 9.17) is 0 Å². The Labute approximate surface area is 206 Å². The number of fused-ring (bicyclic) bond motifs is 1. The van der Waals surface area contributed by atoms with Crippen LogP contribution in [0.15, 0.2) is 96.1 Å². The number of benzene rings is 3. The number of hydrogen-bond donors (Lipinski definition) is 0. The van der Waals surface area contributed by atoms with E-state index in [9.17, 15) is 0 Å². The largest absolute Gasteiger partial charge is 0.0722 e. The molecule has 2 unspecified atom stereocenters. The summed E-state index contributed by atoms with van der Waals surface area (Å²) < 4.78 is 0. The zero-order chi connectivity index (χ0) is 24.0. The molecule has 0 aromatic heterocycles. The van der Waals surface area contributed by atoms with E-state index in [0.29, 0.717) is 17.0 Å². The van der Waals surface area contributed by atoms with E-state index >= 15 is 0 Å². The van der Waals surface area contributed by atoms with Crippen LogP contribution in [-0.2, 0) is 0 Å². The molecular weight excluding hydrogens is 424 g/mol. The third-order valence-electron chi connectivity index (χ3n) is 8.04. The summed E-state index contributed by atoms with van der Waals surface area (Å²) in [5.41, 5.74) is 14.0. The average molecular weight is 461 g/mol. The predicted molar refractivity (Wildman–Crippen MR) is 152 cm³/mol. The van der Waals surface area contributed by atoms with Crippen molar-refractivity contribution < 1.29 is 0 Å². The van der Waals surface area contributed by atoms with Crippen molar-refractivity contribution in [2.24, 2.45) is 0 Å². The first-order valence-corrected chi connectivity index (χ1v) is 15.8. The summed E-state index contributed by atoms with van der Waals surface area (Å²) in [5.74, 6) is 0.561. The fourth-order valence-corrected chi connectivity index (χ4v) is 10.9. The summed E-state index contributed by atoms with van der Waals surface area (Å²) in [7, 11) is -1.75. The van der Waals surface area contributed by atoms with Crippen molar-refractivity contribution in [1.82, 2.24) is 0 Å². The van der Waals surface area contributed by atoms with Gasteiger partial charge in [0.15, 0.2) is 0 Å². The molecule has 0 radical (unpaired) electrons. The molecule has 0 N–H and O–H groups in total. The molecule has 3 aromatic carbocycles. The van der Waals surface area contributed by atoms with E-state index in [1.54, 1.807) is 0 Å². The van der Waals surface area contributed by atoms with Crippen LogP contribution in [0.5, 0.6) is 0 Å². The number of rotatable bonds is 5. The number of allylic oxidation sites excluding steroid dienone is 5. The van der Waals surface area contributed by atoms with E-state index in [1.165, 1.54) is 50.1 Å². The summed E-state index contributed by atoms with van der Waals surface area (Å²) >= 11 is 0. The molecule has 0 spiro atoms. The van der Waals surface area contributed by atoms with Crippen molar-refractivity contribution >= 4 is 19.7 Å². The second-order valence-corrected chi connectivity index (χ2v) is 15.9. The summed E-state index contributed by atoms with van der Waals surface area (Å²) in [6.07, 6.45) is 7.48. The Morgan fingerprint density at radius 2 is 1.41 bits per heavy atom. The molecule has 0 amide bonds. The van der Waals surface area contributed by atoms with Gasteiger partial charge < -0.3 is 0 Å². The molecule has 1 heteroatoms. The maximum absolute atomic E-state index is 2.60. The molecule has 0 heterocycles. The topological polar surface area (TPSA) is 0 Å². The third kappa shape index (κ3) is 3.86. The second-order valence-electron chi connectivity index (χ2n) is 11.1. The molecular formula is C33H36Si. The quantitative estimate of drug-likeness (QED) is 0.332. The van der Waals surface area contributed by atoms with Crippen LogP contribution in [0.2, 0.25) is 18.6 Å². The van der Waals surface area contributed by atoms with Crippen LogP contribution in [0, 0.1) is 0 Å². The summed E-state index contributed by atoms with van der Waals surface area (Å²) in [4.78, 5) is 0. The minimum absolute atomic E-state index is 0.539. The Morgan fingerprint density at radius 1 is 0.706 bits per heavy atom. The predicted octanol–water partition coefficient (Wildman–Crippen LogP) is 9.64. The Hall–Kier alpha value is -2.90. The van der Waals surface area contributed by atoms with Gasteiger partial charge in [0, 0.05) is 5.54 Å². The first kappa shape index (κ1) is 22.9. The third-order valence-corrected chi connectivity index (χ3v) is 12.5. The van der Waals surface area contributed by atoms with Gasteiger partial charge in [-0.1, -0.05) is 129 Å². The van der Waals surface area contributed by atoms with Crippen LogP contribution in [0.25, 0.3) is 22.8 Å². The van der Waals surface area contributed by atoms with Crippen molar-refractivity contribution in [2.45, 2.75) is 57.8 Å². The van der Waals surface area contributed by atoms with Crippen LogP contribution in [0.3, 0.4) is 0 Å². The van der Waals surface area contributed by atoms with Crippen LogP contribution in [-0.4, -0.2) is 8.07 Å². The molecule has 0 nitrogen and oxygen atoms in total. The highest BCUT2D eigenvalue weighted by Gasteiger charge is 2.44. The molecule has 0 bridgehead atoms. The lowest BCUT2D eigenvalue weighted by atomic mass is 9.94. The molecule has 0 saturated carbocycles. The van der Waals surface area contributed by atoms with Crippen LogP contribution >= 0.6 is 0 Å². The summed E-state index contributed by atoms with van der Waals surface area (Å²) in [6.45, 7) is 14.4. The SMILES string of the molecule is CC1=CC(c2ccccc2)=CC1[Si](C)(C)C1C(C)=Cc2c(-c3ccc(C(C)C)cc3)cccc21. The molecule has 34 heavy (non-hydrogen) atoms. The zero-order valence-corrected chi connectivity index (χ0v) is 22.4. The van der Waals surface area contributed by atoms with Gasteiger partial charge in [-0.25, -0.2) is 0 Å². The Morgan fingerprint density at radius 3 is 2.09 bits per heavy atom. The minimum Gasteiger partial charge on any atom is -0.0722 e. The molecule has 2 aliphatic carbocycles. The van der Waals surface area contributed by atoms with E-state index in [2.05, 4.69) is 132 Å². The molecule has 5 rings (SSSR count). The molecule has 2 atom stereocenters. The van der Waals surface area contributed by atoms with Crippen molar-refractivity contribution in [3.8, 4) is 11.1 Å². The lowest BCUT2D eigenvalue weighted by Gasteiger charge is -2.37. The summed E-state index contributed by atoms with van der Waals surface area (Å²) in [5, 5.41) is 0. The van der Waals surface area contributed by atoms with Crippen LogP contribution < -0.4 is 0 Å². The summed E-state index contributed by atoms with van der Waals surface area (Å²) in [6, 6.07) is 27.0. The van der Waals surface area contributed by atoms with E-state index < -0.39 is 8.07 Å². The van der Waals surface area contributed by atoms with Gasteiger partial charge in [0.05, 0.1) is 8.07 Å². The number of hydrogen-bond acceptors (Lipinski definition) is 0. The van der Waals surface area contributed by atoms with Gasteiger partial charge >= 0.3 is 0 Å². The second kappa shape index (κ2) is 8.71. The van der Waals surface area contributed by atoms with Gasteiger partial charge in [-0.15, -0.1) is 0 Å². The molecule has 0 fully saturated rings. The van der Waals surface area contributed by atoms with Crippen LogP contribution in [0.1, 0.15) is 61.4 Å². The Kier molecular flexibility index (Phi) is 5.86. The fourth-order valence-electron chi connectivity index (χ4n) is 6.32. The average Bonchev–Trinajstić information content (AvgIpc) is 3.39. The molecule has 0 saturated heterocycles. The molecule has 172 valence electrons. The smallest absolute Gasteiger partial charge is 0.0714 e. The zero-order valence-electron chi connectivity index (χ0n) is 21.4. The highest BCUT2D eigenvalue weighted by molar-refractivity contribution is 6.82. The van der Waals surface area contributed by atoms with Crippen molar-refractivity contribution in [1.29, 1.82) is 0 Å². The molecule has 2 aliphatic rings. The van der Waals surface area contributed by atoms with E-state index in [-0.39, 0.29) is 0 Å². The van der Waals surface area contributed by atoms with Gasteiger partial charge in [0.25, 0.3) is 0 Å². The van der Waals surface area contributed by atoms with Crippen molar-refractivity contribution in [3.05, 3.63) is 118 Å². The lowest BCUT2D eigenvalue weighted by Crippen LogP contribution is -2.39. The normalized spacial score (nSPS) is 19.7. The maximum Gasteiger partial charge on any atom is 0.0714 e. The maximum atomic E-state index is 2.60. The first-order chi connectivity index (χ1) is 16.3. The van der Waals surface area contributed by atoms with Gasteiger partial charge in [-0.2, -0.15) is 0 Å². The van der Waals surface area contributed by atoms with Gasteiger partial charge in [0.2, 0.25) is 0 Å².